The number of aryl methyl sites for hydroxylation is 1. The molecule has 1 aliphatic rings. The molecule has 1 aliphatic heterocycles. The molecule has 0 bridgehead atoms. The van der Waals surface area contributed by atoms with Crippen molar-refractivity contribution in [3.05, 3.63) is 59.7 Å². The van der Waals surface area contributed by atoms with Gasteiger partial charge in [0, 0.05) is 25.5 Å². The van der Waals surface area contributed by atoms with Gasteiger partial charge in [0.15, 0.2) is 0 Å². The Morgan fingerprint density at radius 1 is 1.16 bits per heavy atom. The van der Waals surface area contributed by atoms with Crippen molar-refractivity contribution in [2.24, 2.45) is 5.92 Å². The van der Waals surface area contributed by atoms with Gasteiger partial charge in [0.05, 0.1) is 5.56 Å². The summed E-state index contributed by atoms with van der Waals surface area (Å²) in [5, 5.41) is 3.02. The van der Waals surface area contributed by atoms with Crippen molar-refractivity contribution >= 4 is 5.91 Å². The lowest BCUT2D eigenvalue weighted by molar-refractivity contribution is 0.0935. The number of rotatable bonds is 6. The molecule has 0 aliphatic carbocycles. The van der Waals surface area contributed by atoms with Gasteiger partial charge in [0.2, 0.25) is 0 Å². The van der Waals surface area contributed by atoms with E-state index in [-0.39, 0.29) is 5.91 Å². The van der Waals surface area contributed by atoms with Gasteiger partial charge in [0.1, 0.15) is 5.82 Å². The van der Waals surface area contributed by atoms with Gasteiger partial charge in [-0.05, 0) is 50.8 Å². The first-order valence-corrected chi connectivity index (χ1v) is 9.04. The predicted molar refractivity (Wildman–Crippen MR) is 98.4 cm³/mol. The van der Waals surface area contributed by atoms with Crippen LogP contribution in [0.15, 0.2) is 42.7 Å². The normalized spacial score (nSPS) is 15.9. The van der Waals surface area contributed by atoms with Crippen LogP contribution in [0.2, 0.25) is 0 Å². The molecule has 25 heavy (non-hydrogen) atoms. The lowest BCUT2D eigenvalue weighted by Gasteiger charge is -2.32. The van der Waals surface area contributed by atoms with E-state index in [2.05, 4.69) is 50.5 Å². The topological polar surface area (TPSA) is 58.1 Å². The van der Waals surface area contributed by atoms with Crippen LogP contribution in [0, 0.1) is 12.8 Å². The fraction of sp³-hybridized carbons (Fsp3) is 0.450. The summed E-state index contributed by atoms with van der Waals surface area (Å²) in [4.78, 5) is 22.8. The average Bonchev–Trinajstić information content (AvgIpc) is 2.67. The number of piperidine rings is 1. The maximum atomic E-state index is 12.1. The summed E-state index contributed by atoms with van der Waals surface area (Å²) >= 11 is 0. The van der Waals surface area contributed by atoms with E-state index in [0.29, 0.717) is 17.3 Å². The minimum atomic E-state index is -0.0773. The quantitative estimate of drug-likeness (QED) is 0.879. The maximum absolute atomic E-state index is 12.1. The minimum Gasteiger partial charge on any atom is -0.352 e. The second-order valence-electron chi connectivity index (χ2n) is 6.75. The maximum Gasteiger partial charge on any atom is 0.254 e. The second kappa shape index (κ2) is 8.72. The average molecular weight is 338 g/mol. The van der Waals surface area contributed by atoms with Crippen molar-refractivity contribution in [1.82, 2.24) is 20.2 Å². The van der Waals surface area contributed by atoms with E-state index in [1.807, 2.05) is 6.92 Å². The molecule has 0 atom stereocenters. The number of aromatic nitrogens is 2. The fourth-order valence-corrected chi connectivity index (χ4v) is 3.19. The highest BCUT2D eigenvalue weighted by Crippen LogP contribution is 2.17. The Morgan fingerprint density at radius 2 is 1.84 bits per heavy atom. The van der Waals surface area contributed by atoms with Gasteiger partial charge in [-0.15, -0.1) is 0 Å². The SMILES string of the molecule is Cc1ncc(C(=O)NCC2CCN(CCc3ccccc3)CC2)cn1. The monoisotopic (exact) mass is 338 g/mol. The highest BCUT2D eigenvalue weighted by atomic mass is 16.1. The molecule has 132 valence electrons. The van der Waals surface area contributed by atoms with E-state index in [4.69, 9.17) is 0 Å². The molecule has 1 aromatic heterocycles. The molecular formula is C20H26N4O. The number of nitrogens with one attached hydrogen (secondary N) is 1. The van der Waals surface area contributed by atoms with Crippen molar-refractivity contribution in [2.45, 2.75) is 26.2 Å². The summed E-state index contributed by atoms with van der Waals surface area (Å²) in [7, 11) is 0. The molecule has 0 spiro atoms. The van der Waals surface area contributed by atoms with Gasteiger partial charge >= 0.3 is 0 Å². The lowest BCUT2D eigenvalue weighted by atomic mass is 9.96. The zero-order chi connectivity index (χ0) is 17.5. The van der Waals surface area contributed by atoms with E-state index in [9.17, 15) is 4.79 Å². The fourth-order valence-electron chi connectivity index (χ4n) is 3.19. The molecular weight excluding hydrogens is 312 g/mol. The minimum absolute atomic E-state index is 0.0773. The van der Waals surface area contributed by atoms with Crippen LogP contribution in [-0.4, -0.2) is 47.0 Å². The molecule has 1 fully saturated rings. The van der Waals surface area contributed by atoms with Gasteiger partial charge < -0.3 is 10.2 Å². The molecule has 2 aromatic rings. The zero-order valence-corrected chi connectivity index (χ0v) is 14.8. The molecule has 1 aromatic carbocycles. The van der Waals surface area contributed by atoms with Gasteiger partial charge in [-0.2, -0.15) is 0 Å². The van der Waals surface area contributed by atoms with Crippen LogP contribution in [0.1, 0.15) is 34.6 Å². The van der Waals surface area contributed by atoms with E-state index < -0.39 is 0 Å². The number of hydrogen-bond acceptors (Lipinski definition) is 4. The highest BCUT2D eigenvalue weighted by Gasteiger charge is 2.19. The number of carbonyl (C=O) groups is 1. The molecule has 0 unspecified atom stereocenters. The molecule has 5 nitrogen and oxygen atoms in total. The third-order valence-electron chi connectivity index (χ3n) is 4.86. The van der Waals surface area contributed by atoms with Gasteiger partial charge in [0.25, 0.3) is 5.91 Å². The number of benzene rings is 1. The van der Waals surface area contributed by atoms with Crippen molar-refractivity contribution < 1.29 is 4.79 Å². The highest BCUT2D eigenvalue weighted by molar-refractivity contribution is 5.93. The third-order valence-corrected chi connectivity index (χ3v) is 4.86. The lowest BCUT2D eigenvalue weighted by Crippen LogP contribution is -2.39. The Labute approximate surface area is 149 Å². The van der Waals surface area contributed by atoms with Crippen LogP contribution in [0.4, 0.5) is 0 Å². The Morgan fingerprint density at radius 3 is 2.52 bits per heavy atom. The Hall–Kier alpha value is -2.27. The van der Waals surface area contributed by atoms with Crippen LogP contribution in [-0.2, 0) is 6.42 Å². The second-order valence-corrected chi connectivity index (χ2v) is 6.75. The number of amides is 1. The van der Waals surface area contributed by atoms with Crippen molar-refractivity contribution in [3.8, 4) is 0 Å². The smallest absolute Gasteiger partial charge is 0.254 e. The van der Waals surface area contributed by atoms with E-state index >= 15 is 0 Å². The van der Waals surface area contributed by atoms with Crippen LogP contribution in [0.5, 0.6) is 0 Å². The van der Waals surface area contributed by atoms with Crippen molar-refractivity contribution in [2.75, 3.05) is 26.2 Å². The van der Waals surface area contributed by atoms with Crippen LogP contribution >= 0.6 is 0 Å². The largest absolute Gasteiger partial charge is 0.352 e. The summed E-state index contributed by atoms with van der Waals surface area (Å²) in [5.74, 6) is 1.16. The van der Waals surface area contributed by atoms with Gasteiger partial charge in [-0.1, -0.05) is 30.3 Å². The third kappa shape index (κ3) is 5.36. The van der Waals surface area contributed by atoms with Crippen molar-refractivity contribution in [3.63, 3.8) is 0 Å². The number of carbonyl (C=O) groups excluding carboxylic acids is 1. The number of hydrogen-bond donors (Lipinski definition) is 1. The summed E-state index contributed by atoms with van der Waals surface area (Å²) in [6.07, 6.45) is 6.56. The number of likely N-dealkylation sites (tertiary alicyclic amines) is 1. The van der Waals surface area contributed by atoms with Crippen LogP contribution in [0.3, 0.4) is 0 Å². The predicted octanol–water partition coefficient (Wildman–Crippen LogP) is 2.47. The first kappa shape index (κ1) is 17.5. The summed E-state index contributed by atoms with van der Waals surface area (Å²) in [5.41, 5.74) is 1.93. The van der Waals surface area contributed by atoms with E-state index in [1.54, 1.807) is 12.4 Å². The first-order chi connectivity index (χ1) is 12.2. The first-order valence-electron chi connectivity index (χ1n) is 9.04. The van der Waals surface area contributed by atoms with Crippen LogP contribution < -0.4 is 5.32 Å². The zero-order valence-electron chi connectivity index (χ0n) is 14.8. The van der Waals surface area contributed by atoms with Crippen molar-refractivity contribution in [1.29, 1.82) is 0 Å². The summed E-state index contributed by atoms with van der Waals surface area (Å²) < 4.78 is 0. The van der Waals surface area contributed by atoms with E-state index in [0.717, 1.165) is 45.4 Å². The molecule has 3 rings (SSSR count). The Bertz CT molecular complexity index is 664. The van der Waals surface area contributed by atoms with Gasteiger partial charge in [-0.3, -0.25) is 4.79 Å². The molecule has 1 amide bonds. The van der Waals surface area contributed by atoms with E-state index in [1.165, 1.54) is 5.56 Å². The van der Waals surface area contributed by atoms with Crippen LogP contribution in [0.25, 0.3) is 0 Å². The molecule has 5 heteroatoms. The summed E-state index contributed by atoms with van der Waals surface area (Å²) in [6.45, 7) is 5.89. The molecule has 1 N–H and O–H groups in total. The standard InChI is InChI=1S/C20H26N4O/c1-16-21-14-19(15-22-16)20(25)23-13-18-8-11-24(12-9-18)10-7-17-5-3-2-4-6-17/h2-6,14-15,18H,7-13H2,1H3,(H,23,25). The van der Waals surface area contributed by atoms with Gasteiger partial charge in [-0.25, -0.2) is 9.97 Å². The Balaban J connectivity index is 1.36. The molecule has 1 saturated heterocycles. The number of nitrogens with zero attached hydrogens (tertiary/aromatic N) is 3. The molecule has 2 heterocycles. The molecule has 0 radical (unpaired) electrons. The summed E-state index contributed by atoms with van der Waals surface area (Å²) in [6, 6.07) is 10.6. The molecule has 0 saturated carbocycles. The Kier molecular flexibility index (Phi) is 6.12.